The minimum absolute atomic E-state index is 0.0245. The predicted octanol–water partition coefficient (Wildman–Crippen LogP) is 0.386. The molecule has 0 radical (unpaired) electrons. The summed E-state index contributed by atoms with van der Waals surface area (Å²) in [6.07, 6.45) is 1.18. The number of carboxylic acids is 1. The number of nitrogens with zero attached hydrogens (tertiary/aromatic N) is 1. The molecule has 1 atom stereocenters. The summed E-state index contributed by atoms with van der Waals surface area (Å²) in [5.41, 5.74) is 0.414. The van der Waals surface area contributed by atoms with Crippen molar-refractivity contribution in [2.75, 3.05) is 13.2 Å². The molecule has 1 amide bonds. The fourth-order valence-electron chi connectivity index (χ4n) is 1.65. The van der Waals surface area contributed by atoms with E-state index >= 15 is 0 Å². The Morgan fingerprint density at radius 2 is 2.24 bits per heavy atom. The summed E-state index contributed by atoms with van der Waals surface area (Å²) in [5.74, 6) is -2.51. The predicted molar refractivity (Wildman–Crippen MR) is 57.8 cm³/mol. The van der Waals surface area contributed by atoms with E-state index in [1.807, 2.05) is 0 Å². The van der Waals surface area contributed by atoms with Gasteiger partial charge in [-0.2, -0.15) is 0 Å². The van der Waals surface area contributed by atoms with Crippen molar-refractivity contribution in [1.82, 2.24) is 4.90 Å². The summed E-state index contributed by atoms with van der Waals surface area (Å²) in [4.78, 5) is 34.8. The Morgan fingerprint density at radius 1 is 1.59 bits per heavy atom. The molecule has 0 aromatic carbocycles. The van der Waals surface area contributed by atoms with Gasteiger partial charge >= 0.3 is 11.9 Å². The maximum atomic E-state index is 11.5. The summed E-state index contributed by atoms with van der Waals surface area (Å²) >= 11 is 0. The molecule has 6 nitrogen and oxygen atoms in total. The Hall–Kier alpha value is -1.85. The number of esters is 1. The summed E-state index contributed by atoms with van der Waals surface area (Å²) in [6, 6.07) is 0. The van der Waals surface area contributed by atoms with Gasteiger partial charge in [-0.3, -0.25) is 9.59 Å². The number of carbonyl (C=O) groups is 3. The first-order valence-corrected chi connectivity index (χ1v) is 5.34. The SMILES string of the molecule is CCOC(=O)C=C(C)N1CC(C(=O)O)CC1=O. The molecule has 0 bridgehead atoms. The van der Waals surface area contributed by atoms with Gasteiger partial charge in [-0.15, -0.1) is 0 Å². The second-order valence-electron chi connectivity index (χ2n) is 3.78. The van der Waals surface area contributed by atoms with E-state index in [2.05, 4.69) is 0 Å². The number of rotatable bonds is 4. The van der Waals surface area contributed by atoms with Crippen LogP contribution in [0, 0.1) is 5.92 Å². The van der Waals surface area contributed by atoms with Crippen LogP contribution in [0.3, 0.4) is 0 Å². The Balaban J connectivity index is 2.70. The lowest BCUT2D eigenvalue weighted by Gasteiger charge is -2.16. The zero-order chi connectivity index (χ0) is 13.0. The molecule has 1 aliphatic heterocycles. The molecule has 1 N–H and O–H groups in total. The molecule has 0 saturated carbocycles. The number of amides is 1. The van der Waals surface area contributed by atoms with Crippen molar-refractivity contribution in [1.29, 1.82) is 0 Å². The maximum absolute atomic E-state index is 11.5. The molecule has 1 heterocycles. The first kappa shape index (κ1) is 13.2. The number of hydrogen-bond acceptors (Lipinski definition) is 4. The van der Waals surface area contributed by atoms with Crippen LogP contribution in [0.1, 0.15) is 20.3 Å². The number of allylic oxidation sites excluding steroid dienone is 1. The number of hydrogen-bond donors (Lipinski definition) is 1. The van der Waals surface area contributed by atoms with Crippen LogP contribution in [0.4, 0.5) is 0 Å². The van der Waals surface area contributed by atoms with Gasteiger partial charge in [0.1, 0.15) is 0 Å². The van der Waals surface area contributed by atoms with Crippen LogP contribution in [0.2, 0.25) is 0 Å². The first-order valence-electron chi connectivity index (χ1n) is 5.34. The highest BCUT2D eigenvalue weighted by Gasteiger charge is 2.35. The molecule has 0 spiro atoms. The van der Waals surface area contributed by atoms with Crippen molar-refractivity contribution >= 4 is 17.8 Å². The average molecular weight is 241 g/mol. The molecule has 1 fully saturated rings. The summed E-state index contributed by atoms with van der Waals surface area (Å²) < 4.78 is 4.71. The third-order valence-corrected chi connectivity index (χ3v) is 2.51. The van der Waals surface area contributed by atoms with E-state index in [4.69, 9.17) is 9.84 Å². The van der Waals surface area contributed by atoms with Gasteiger partial charge in [0.15, 0.2) is 0 Å². The summed E-state index contributed by atoms with van der Waals surface area (Å²) in [7, 11) is 0. The third-order valence-electron chi connectivity index (χ3n) is 2.51. The monoisotopic (exact) mass is 241 g/mol. The van der Waals surface area contributed by atoms with E-state index in [0.717, 1.165) is 0 Å². The lowest BCUT2D eigenvalue weighted by Crippen LogP contribution is -2.25. The van der Waals surface area contributed by atoms with Crippen LogP contribution in [-0.2, 0) is 19.1 Å². The number of likely N-dealkylation sites (tertiary alicyclic amines) is 1. The molecule has 0 aliphatic carbocycles. The second-order valence-corrected chi connectivity index (χ2v) is 3.78. The Morgan fingerprint density at radius 3 is 2.71 bits per heavy atom. The Labute approximate surface area is 98.8 Å². The molecular weight excluding hydrogens is 226 g/mol. The van der Waals surface area contributed by atoms with Crippen LogP contribution in [-0.4, -0.2) is 41.0 Å². The zero-order valence-corrected chi connectivity index (χ0v) is 9.80. The van der Waals surface area contributed by atoms with Gasteiger partial charge in [0.25, 0.3) is 0 Å². The van der Waals surface area contributed by atoms with Gasteiger partial charge in [-0.25, -0.2) is 4.79 Å². The molecule has 6 heteroatoms. The average Bonchev–Trinajstić information content (AvgIpc) is 2.60. The van der Waals surface area contributed by atoms with Crippen LogP contribution in [0.15, 0.2) is 11.8 Å². The standard InChI is InChI=1S/C11H15NO5/c1-3-17-10(14)4-7(2)12-6-8(11(15)16)5-9(12)13/h4,8H,3,5-6H2,1-2H3,(H,15,16). The van der Waals surface area contributed by atoms with E-state index in [1.165, 1.54) is 11.0 Å². The second kappa shape index (κ2) is 5.47. The largest absolute Gasteiger partial charge is 0.481 e. The minimum Gasteiger partial charge on any atom is -0.481 e. The molecule has 0 aromatic rings. The topological polar surface area (TPSA) is 83.9 Å². The Bertz CT molecular complexity index is 374. The summed E-state index contributed by atoms with van der Waals surface area (Å²) in [5, 5.41) is 8.81. The van der Waals surface area contributed by atoms with Gasteiger partial charge in [-0.05, 0) is 13.8 Å². The number of carbonyl (C=O) groups excluding carboxylic acids is 2. The lowest BCUT2D eigenvalue weighted by molar-refractivity contribution is -0.141. The number of carboxylic acid groups (broad SMARTS) is 1. The fourth-order valence-corrected chi connectivity index (χ4v) is 1.65. The highest BCUT2D eigenvalue weighted by molar-refractivity contribution is 5.89. The van der Waals surface area contributed by atoms with E-state index in [1.54, 1.807) is 13.8 Å². The number of aliphatic carboxylic acids is 1. The normalized spacial score (nSPS) is 20.6. The van der Waals surface area contributed by atoms with Gasteiger partial charge in [-0.1, -0.05) is 0 Å². The molecule has 17 heavy (non-hydrogen) atoms. The maximum Gasteiger partial charge on any atom is 0.332 e. The van der Waals surface area contributed by atoms with Gasteiger partial charge in [0, 0.05) is 24.7 Å². The third kappa shape index (κ3) is 3.30. The highest BCUT2D eigenvalue weighted by Crippen LogP contribution is 2.21. The Kier molecular flexibility index (Phi) is 4.25. The van der Waals surface area contributed by atoms with Crippen molar-refractivity contribution in [3.63, 3.8) is 0 Å². The summed E-state index contributed by atoms with van der Waals surface area (Å²) in [6.45, 7) is 3.63. The first-order chi connectivity index (χ1) is 7.95. The smallest absolute Gasteiger partial charge is 0.332 e. The van der Waals surface area contributed by atoms with E-state index in [-0.39, 0.29) is 25.5 Å². The van der Waals surface area contributed by atoms with E-state index < -0.39 is 17.9 Å². The van der Waals surface area contributed by atoms with E-state index in [9.17, 15) is 14.4 Å². The van der Waals surface area contributed by atoms with Crippen molar-refractivity contribution in [2.45, 2.75) is 20.3 Å². The number of ether oxygens (including phenoxy) is 1. The molecule has 1 saturated heterocycles. The van der Waals surface area contributed by atoms with Crippen molar-refractivity contribution < 1.29 is 24.2 Å². The van der Waals surface area contributed by atoms with Gasteiger partial charge in [0.05, 0.1) is 12.5 Å². The van der Waals surface area contributed by atoms with Crippen molar-refractivity contribution in [2.24, 2.45) is 5.92 Å². The zero-order valence-electron chi connectivity index (χ0n) is 9.80. The van der Waals surface area contributed by atoms with E-state index in [0.29, 0.717) is 5.70 Å². The van der Waals surface area contributed by atoms with Crippen molar-refractivity contribution in [3.8, 4) is 0 Å². The quantitative estimate of drug-likeness (QED) is 0.568. The minimum atomic E-state index is -0.996. The van der Waals surface area contributed by atoms with Crippen LogP contribution >= 0.6 is 0 Å². The van der Waals surface area contributed by atoms with Gasteiger partial charge in [0.2, 0.25) is 5.91 Å². The molecule has 1 rings (SSSR count). The molecule has 0 aromatic heterocycles. The van der Waals surface area contributed by atoms with Crippen molar-refractivity contribution in [3.05, 3.63) is 11.8 Å². The molecular formula is C11H15NO5. The van der Waals surface area contributed by atoms with Crippen LogP contribution < -0.4 is 0 Å². The van der Waals surface area contributed by atoms with Gasteiger partial charge < -0.3 is 14.7 Å². The lowest BCUT2D eigenvalue weighted by atomic mass is 10.1. The highest BCUT2D eigenvalue weighted by atomic mass is 16.5. The fraction of sp³-hybridized carbons (Fsp3) is 0.545. The van der Waals surface area contributed by atoms with Crippen LogP contribution in [0.5, 0.6) is 0 Å². The van der Waals surface area contributed by atoms with Crippen LogP contribution in [0.25, 0.3) is 0 Å². The molecule has 94 valence electrons. The molecule has 1 unspecified atom stereocenters. The molecule has 1 aliphatic rings.